The quantitative estimate of drug-likeness (QED) is 0.455. The van der Waals surface area contributed by atoms with Gasteiger partial charge in [0.2, 0.25) is 0 Å². The monoisotopic (exact) mass is 486 g/mol. The third-order valence-corrected chi connectivity index (χ3v) is 3.92. The van der Waals surface area contributed by atoms with Crippen molar-refractivity contribution in [2.24, 2.45) is 0 Å². The minimum absolute atomic E-state index is 0. The fraction of sp³-hybridized carbons (Fsp3) is 0.765. The molecule has 0 saturated heterocycles. The van der Waals surface area contributed by atoms with E-state index in [0.29, 0.717) is 0 Å². The fourth-order valence-electron chi connectivity index (χ4n) is 1.84. The van der Waals surface area contributed by atoms with Crippen LogP contribution in [0, 0.1) is 6.08 Å². The van der Waals surface area contributed by atoms with Gasteiger partial charge in [-0.3, -0.25) is 6.08 Å². The van der Waals surface area contributed by atoms with Crippen LogP contribution in [0.4, 0.5) is 0 Å². The van der Waals surface area contributed by atoms with Crippen LogP contribution in [-0.2, 0) is 35.1 Å². The zero-order chi connectivity index (χ0) is 18.9. The van der Waals surface area contributed by atoms with Gasteiger partial charge < -0.3 is 30.9 Å². The van der Waals surface area contributed by atoms with E-state index >= 15 is 0 Å². The van der Waals surface area contributed by atoms with Crippen LogP contribution >= 0.6 is 0 Å². The summed E-state index contributed by atoms with van der Waals surface area (Å²) in [7, 11) is -4.59. The normalized spacial score (nSPS) is 13.6. The van der Waals surface area contributed by atoms with Gasteiger partial charge in [-0.25, -0.2) is 12.2 Å². The number of hydrogen-bond acceptors (Lipinski definition) is 4. The second-order valence-corrected chi connectivity index (χ2v) is 14.5. The SMILES string of the molecule is CC(C)(C)O[Si](C)(C)O.CC(C)(C)O[Si](C)(C)O.[C-]1=CC=CC1.[Cl-].[Zr]. The first-order chi connectivity index (χ1) is 9.91. The summed E-state index contributed by atoms with van der Waals surface area (Å²) in [6.07, 6.45) is 10.0. The second kappa shape index (κ2) is 14.0. The van der Waals surface area contributed by atoms with Gasteiger partial charge in [-0.2, -0.15) is 6.08 Å². The molecule has 8 heteroatoms. The average molecular weight is 488 g/mol. The van der Waals surface area contributed by atoms with E-state index in [9.17, 15) is 9.59 Å². The maximum absolute atomic E-state index is 9.27. The molecule has 0 aromatic carbocycles. The summed E-state index contributed by atoms with van der Waals surface area (Å²) in [4.78, 5) is 18.5. The summed E-state index contributed by atoms with van der Waals surface area (Å²) < 4.78 is 10.6. The predicted molar refractivity (Wildman–Crippen MR) is 103 cm³/mol. The molecule has 0 radical (unpaired) electrons. The molecule has 2 N–H and O–H groups in total. The number of rotatable bonds is 2. The first-order valence-electron chi connectivity index (χ1n) is 7.98. The van der Waals surface area contributed by atoms with Crippen LogP contribution in [0.25, 0.3) is 0 Å². The van der Waals surface area contributed by atoms with Crippen molar-refractivity contribution in [2.75, 3.05) is 0 Å². The Morgan fingerprint density at radius 3 is 1.20 bits per heavy atom. The molecule has 0 aromatic rings. The topological polar surface area (TPSA) is 58.9 Å². The molecule has 4 nitrogen and oxygen atoms in total. The molecule has 0 fully saturated rings. The molecule has 0 amide bonds. The van der Waals surface area contributed by atoms with Crippen molar-refractivity contribution in [3.8, 4) is 0 Å². The summed E-state index contributed by atoms with van der Waals surface area (Å²) in [5.41, 5.74) is -0.408. The molecule has 0 atom stereocenters. The molecule has 1 rings (SSSR count). The van der Waals surface area contributed by atoms with Crippen LogP contribution < -0.4 is 12.4 Å². The Morgan fingerprint density at radius 2 is 1.16 bits per heavy atom. The van der Waals surface area contributed by atoms with Gasteiger partial charge in [-0.05, 0) is 67.7 Å². The molecule has 0 aliphatic heterocycles. The van der Waals surface area contributed by atoms with Crippen LogP contribution in [0.1, 0.15) is 48.0 Å². The molecular formula is C17H37ClO4Si2Zr-2. The zero-order valence-electron chi connectivity index (χ0n) is 17.5. The van der Waals surface area contributed by atoms with Crippen molar-refractivity contribution in [2.45, 2.75) is 85.4 Å². The van der Waals surface area contributed by atoms with Gasteiger partial charge in [0.25, 0.3) is 0 Å². The van der Waals surface area contributed by atoms with Crippen molar-refractivity contribution >= 4 is 17.1 Å². The Kier molecular flexibility index (Phi) is 18.8. The smallest absolute Gasteiger partial charge is 0.329 e. The molecular weight excluding hydrogens is 451 g/mol. The van der Waals surface area contributed by atoms with E-state index in [0.717, 1.165) is 6.42 Å². The van der Waals surface area contributed by atoms with Crippen molar-refractivity contribution in [1.29, 1.82) is 0 Å². The first-order valence-corrected chi connectivity index (χ1v) is 13.7. The number of allylic oxidation sites excluding steroid dienone is 4. The van der Waals surface area contributed by atoms with Crippen LogP contribution in [0.5, 0.6) is 0 Å². The van der Waals surface area contributed by atoms with Gasteiger partial charge in [0, 0.05) is 26.2 Å². The second-order valence-electron chi connectivity index (χ2n) is 8.33. The Labute approximate surface area is 183 Å². The van der Waals surface area contributed by atoms with Gasteiger partial charge in [-0.15, -0.1) is 6.42 Å². The van der Waals surface area contributed by atoms with Gasteiger partial charge in [0.15, 0.2) is 0 Å². The maximum atomic E-state index is 9.27. The van der Waals surface area contributed by atoms with Gasteiger partial charge in [0.05, 0.1) is 11.2 Å². The van der Waals surface area contributed by atoms with Crippen molar-refractivity contribution in [3.63, 3.8) is 0 Å². The minimum atomic E-state index is -2.29. The summed E-state index contributed by atoms with van der Waals surface area (Å²) in [6.45, 7) is 18.7. The Bertz CT molecular complexity index is 316. The largest absolute Gasteiger partial charge is 1.00 e. The van der Waals surface area contributed by atoms with Crippen LogP contribution in [0.15, 0.2) is 18.2 Å². The third-order valence-electron chi connectivity index (χ3n) is 1.70. The summed E-state index contributed by atoms with van der Waals surface area (Å²) in [6, 6.07) is 0. The van der Waals surface area contributed by atoms with Gasteiger partial charge in [0.1, 0.15) is 0 Å². The first kappa shape index (κ1) is 33.5. The van der Waals surface area contributed by atoms with E-state index in [2.05, 4.69) is 12.2 Å². The van der Waals surface area contributed by atoms with E-state index in [1.54, 1.807) is 26.2 Å². The summed E-state index contributed by atoms with van der Waals surface area (Å²) in [5, 5.41) is 0. The molecule has 0 spiro atoms. The van der Waals surface area contributed by atoms with Crippen molar-refractivity contribution < 1.29 is 57.1 Å². The Hall–Kier alpha value is 0.927. The summed E-state index contributed by atoms with van der Waals surface area (Å²) >= 11 is 0. The predicted octanol–water partition coefficient (Wildman–Crippen LogP) is 1.30. The molecule has 0 saturated carbocycles. The molecule has 0 bridgehead atoms. The zero-order valence-corrected chi connectivity index (χ0v) is 22.7. The van der Waals surface area contributed by atoms with E-state index in [4.69, 9.17) is 8.85 Å². The summed E-state index contributed by atoms with van der Waals surface area (Å²) in [5.74, 6) is 0. The van der Waals surface area contributed by atoms with E-state index < -0.39 is 17.1 Å². The number of halogens is 1. The fourth-order valence-corrected chi connectivity index (χ4v) is 4.84. The maximum Gasteiger partial charge on any atom is 0.329 e. The molecule has 0 aromatic heterocycles. The Balaban J connectivity index is -0.000000131. The van der Waals surface area contributed by atoms with Crippen LogP contribution in [0.2, 0.25) is 26.2 Å². The van der Waals surface area contributed by atoms with Gasteiger partial charge >= 0.3 is 17.1 Å². The molecule has 150 valence electrons. The molecule has 0 unspecified atom stereocenters. The third kappa shape index (κ3) is 40.8. The molecule has 1 aliphatic carbocycles. The molecule has 1 aliphatic rings. The van der Waals surface area contributed by atoms with E-state index in [-0.39, 0.29) is 49.8 Å². The standard InChI is InChI=1S/2C6H16O2Si.C5H5.ClH.Zr/c2*1-6(2,3)8-9(4,5)7;1-2-4-5-3-1;;/h2*7H,1-5H3;1-3H,4H2;1H;/q;;-1;;/p-1. The van der Waals surface area contributed by atoms with E-state index in [1.807, 2.05) is 53.7 Å². The van der Waals surface area contributed by atoms with E-state index in [1.165, 1.54) is 0 Å². The Morgan fingerprint density at radius 1 is 0.840 bits per heavy atom. The number of hydrogen-bond donors (Lipinski definition) is 2. The molecule has 25 heavy (non-hydrogen) atoms. The molecule has 0 heterocycles. The van der Waals surface area contributed by atoms with Crippen molar-refractivity contribution in [3.05, 3.63) is 24.3 Å². The van der Waals surface area contributed by atoms with Crippen LogP contribution in [0.3, 0.4) is 0 Å². The average Bonchev–Trinajstić information content (AvgIpc) is 2.60. The van der Waals surface area contributed by atoms with Crippen molar-refractivity contribution in [1.82, 2.24) is 0 Å². The van der Waals surface area contributed by atoms with Crippen LogP contribution in [-0.4, -0.2) is 37.9 Å². The van der Waals surface area contributed by atoms with Gasteiger partial charge in [-0.1, -0.05) is 0 Å². The minimum Gasteiger partial charge on any atom is -1.00 e.